The molecule has 1 fully saturated rings. The fraction of sp³-hybridized carbons (Fsp3) is 0.385. The minimum atomic E-state index is -0.589. The molecule has 1 aromatic carbocycles. The fourth-order valence-corrected chi connectivity index (χ4v) is 1.98. The summed E-state index contributed by atoms with van der Waals surface area (Å²) in [6.07, 6.45) is 2.50. The Labute approximate surface area is 128 Å². The fourth-order valence-electron chi connectivity index (χ4n) is 1.71. The van der Waals surface area contributed by atoms with E-state index in [9.17, 15) is 9.59 Å². The first-order chi connectivity index (χ1) is 9.06. The van der Waals surface area contributed by atoms with Gasteiger partial charge in [0.2, 0.25) is 11.8 Å². The van der Waals surface area contributed by atoms with Crippen molar-refractivity contribution in [3.63, 3.8) is 0 Å². The largest absolute Gasteiger partial charge is 0.366 e. The summed E-state index contributed by atoms with van der Waals surface area (Å²) in [6.45, 7) is 1.15. The van der Waals surface area contributed by atoms with Crippen molar-refractivity contribution in [2.24, 2.45) is 11.7 Å². The maximum atomic E-state index is 11.6. The van der Waals surface area contributed by atoms with Crippen LogP contribution in [0.2, 0.25) is 5.02 Å². The molecule has 20 heavy (non-hydrogen) atoms. The van der Waals surface area contributed by atoms with E-state index in [1.165, 1.54) is 25.0 Å². The number of benzene rings is 1. The molecule has 0 atom stereocenters. The Kier molecular flexibility index (Phi) is 6.26. The van der Waals surface area contributed by atoms with Crippen molar-refractivity contribution in [3.8, 4) is 0 Å². The van der Waals surface area contributed by atoms with E-state index in [-0.39, 0.29) is 35.4 Å². The molecule has 0 spiro atoms. The first-order valence-corrected chi connectivity index (χ1v) is 6.54. The molecule has 0 aromatic heterocycles. The maximum Gasteiger partial charge on any atom is 0.250 e. The number of nitrogens with two attached hydrogens (primary N) is 1. The molecule has 1 aromatic rings. The number of hydrogen-bond donors (Lipinski definition) is 3. The zero-order chi connectivity index (χ0) is 13.8. The first kappa shape index (κ1) is 16.8. The summed E-state index contributed by atoms with van der Waals surface area (Å²) < 4.78 is 0. The SMILES string of the molecule is Cl.NC(=O)c1ccc(NC(=O)CNCC2CC2)cc1Cl. The second-order valence-electron chi connectivity index (χ2n) is 4.68. The van der Waals surface area contributed by atoms with Crippen LogP contribution in [0.15, 0.2) is 18.2 Å². The van der Waals surface area contributed by atoms with Gasteiger partial charge in [-0.1, -0.05) is 11.6 Å². The summed E-state index contributed by atoms with van der Waals surface area (Å²) in [6, 6.07) is 4.61. The number of amides is 2. The first-order valence-electron chi connectivity index (χ1n) is 6.16. The van der Waals surface area contributed by atoms with Gasteiger partial charge >= 0.3 is 0 Å². The minimum Gasteiger partial charge on any atom is -0.366 e. The molecule has 2 amide bonds. The Bertz CT molecular complexity index is 504. The van der Waals surface area contributed by atoms with Gasteiger partial charge in [-0.2, -0.15) is 0 Å². The van der Waals surface area contributed by atoms with E-state index in [1.807, 2.05) is 0 Å². The molecule has 0 aliphatic heterocycles. The molecular formula is C13H17Cl2N3O2. The second kappa shape index (κ2) is 7.47. The monoisotopic (exact) mass is 317 g/mol. The second-order valence-corrected chi connectivity index (χ2v) is 5.09. The van der Waals surface area contributed by atoms with Crippen molar-refractivity contribution in [1.82, 2.24) is 5.32 Å². The summed E-state index contributed by atoms with van der Waals surface area (Å²) >= 11 is 5.89. The Hall–Kier alpha value is -1.30. The average molecular weight is 318 g/mol. The number of hydrogen-bond acceptors (Lipinski definition) is 3. The highest BCUT2D eigenvalue weighted by atomic mass is 35.5. The van der Waals surface area contributed by atoms with Crippen LogP contribution in [-0.4, -0.2) is 24.9 Å². The van der Waals surface area contributed by atoms with Gasteiger partial charge in [0.25, 0.3) is 0 Å². The van der Waals surface area contributed by atoms with Crippen molar-refractivity contribution in [1.29, 1.82) is 0 Å². The molecule has 0 radical (unpaired) electrons. The van der Waals surface area contributed by atoms with Gasteiger partial charge in [-0.15, -0.1) is 12.4 Å². The van der Waals surface area contributed by atoms with Crippen LogP contribution in [0.4, 0.5) is 5.69 Å². The molecular weight excluding hydrogens is 301 g/mol. The van der Waals surface area contributed by atoms with Crippen molar-refractivity contribution in [2.45, 2.75) is 12.8 Å². The van der Waals surface area contributed by atoms with Crippen LogP contribution in [0.5, 0.6) is 0 Å². The Morgan fingerprint density at radius 1 is 1.35 bits per heavy atom. The number of nitrogens with one attached hydrogen (secondary N) is 2. The van der Waals surface area contributed by atoms with Crippen LogP contribution in [-0.2, 0) is 4.79 Å². The molecule has 0 heterocycles. The molecule has 1 saturated carbocycles. The number of rotatable bonds is 6. The zero-order valence-corrected chi connectivity index (χ0v) is 12.4. The van der Waals surface area contributed by atoms with E-state index < -0.39 is 5.91 Å². The summed E-state index contributed by atoms with van der Waals surface area (Å²) in [7, 11) is 0. The molecule has 0 bridgehead atoms. The quantitative estimate of drug-likeness (QED) is 0.748. The third-order valence-electron chi connectivity index (χ3n) is 2.93. The third-order valence-corrected chi connectivity index (χ3v) is 3.25. The Morgan fingerprint density at radius 3 is 2.60 bits per heavy atom. The predicted octanol–water partition coefficient (Wildman–Crippen LogP) is 1.80. The van der Waals surface area contributed by atoms with Gasteiger partial charge in [0.05, 0.1) is 17.1 Å². The van der Waals surface area contributed by atoms with Gasteiger partial charge < -0.3 is 16.4 Å². The normalized spacial score (nSPS) is 13.4. The minimum absolute atomic E-state index is 0. The summed E-state index contributed by atoms with van der Waals surface area (Å²) in [5, 5.41) is 6.03. The topological polar surface area (TPSA) is 84.2 Å². The van der Waals surface area contributed by atoms with E-state index in [4.69, 9.17) is 17.3 Å². The van der Waals surface area contributed by atoms with E-state index in [1.54, 1.807) is 6.07 Å². The van der Waals surface area contributed by atoms with Crippen LogP contribution < -0.4 is 16.4 Å². The summed E-state index contributed by atoms with van der Waals surface area (Å²) in [5.74, 6) is 0.00890. The van der Waals surface area contributed by atoms with Crippen LogP contribution in [0.25, 0.3) is 0 Å². The van der Waals surface area contributed by atoms with Crippen molar-refractivity contribution in [2.75, 3.05) is 18.4 Å². The van der Waals surface area contributed by atoms with Crippen LogP contribution >= 0.6 is 24.0 Å². The molecule has 7 heteroatoms. The standard InChI is InChI=1S/C13H16ClN3O2.ClH/c14-11-5-9(3-4-10(11)13(15)19)17-12(18)7-16-6-8-1-2-8;/h3-5,8,16H,1-2,6-7H2,(H2,15,19)(H,17,18);1H. The summed E-state index contributed by atoms with van der Waals surface area (Å²) in [4.78, 5) is 22.6. The highest BCUT2D eigenvalue weighted by molar-refractivity contribution is 6.34. The van der Waals surface area contributed by atoms with Crippen molar-refractivity contribution < 1.29 is 9.59 Å². The van der Waals surface area contributed by atoms with Gasteiger partial charge in [-0.3, -0.25) is 9.59 Å². The highest BCUT2D eigenvalue weighted by Gasteiger charge is 2.20. The lowest BCUT2D eigenvalue weighted by Crippen LogP contribution is -2.29. The van der Waals surface area contributed by atoms with E-state index in [0.717, 1.165) is 12.5 Å². The lowest BCUT2D eigenvalue weighted by molar-refractivity contribution is -0.115. The van der Waals surface area contributed by atoms with E-state index in [0.29, 0.717) is 5.69 Å². The molecule has 5 nitrogen and oxygen atoms in total. The summed E-state index contributed by atoms with van der Waals surface area (Å²) in [5.41, 5.74) is 5.94. The van der Waals surface area contributed by atoms with Gasteiger partial charge in [-0.05, 0) is 43.5 Å². The molecule has 1 aliphatic carbocycles. The van der Waals surface area contributed by atoms with Crippen molar-refractivity contribution in [3.05, 3.63) is 28.8 Å². The predicted molar refractivity (Wildman–Crippen MR) is 81.4 cm³/mol. The zero-order valence-electron chi connectivity index (χ0n) is 10.8. The Morgan fingerprint density at radius 2 is 2.05 bits per heavy atom. The average Bonchev–Trinajstić information content (AvgIpc) is 3.12. The smallest absolute Gasteiger partial charge is 0.250 e. The molecule has 110 valence electrons. The molecule has 0 unspecified atom stereocenters. The van der Waals surface area contributed by atoms with Gasteiger partial charge in [0.15, 0.2) is 0 Å². The van der Waals surface area contributed by atoms with Crippen LogP contribution in [0.3, 0.4) is 0 Å². The van der Waals surface area contributed by atoms with Gasteiger partial charge in [0, 0.05) is 5.69 Å². The number of anilines is 1. The van der Waals surface area contributed by atoms with Crippen LogP contribution in [0, 0.1) is 5.92 Å². The van der Waals surface area contributed by atoms with Crippen LogP contribution in [0.1, 0.15) is 23.2 Å². The molecule has 4 N–H and O–H groups in total. The van der Waals surface area contributed by atoms with E-state index in [2.05, 4.69) is 10.6 Å². The van der Waals surface area contributed by atoms with Crippen molar-refractivity contribution >= 4 is 41.5 Å². The molecule has 0 saturated heterocycles. The lowest BCUT2D eigenvalue weighted by atomic mass is 10.2. The van der Waals surface area contributed by atoms with Gasteiger partial charge in [0.1, 0.15) is 0 Å². The third kappa shape index (κ3) is 5.00. The number of primary amides is 1. The van der Waals surface area contributed by atoms with Gasteiger partial charge in [-0.25, -0.2) is 0 Å². The van der Waals surface area contributed by atoms with E-state index >= 15 is 0 Å². The Balaban J connectivity index is 0.00000200. The molecule has 1 aliphatic rings. The number of carbonyl (C=O) groups excluding carboxylic acids is 2. The lowest BCUT2D eigenvalue weighted by Gasteiger charge is -2.08. The number of halogens is 2. The molecule has 2 rings (SSSR count). The number of carbonyl (C=O) groups is 2. The highest BCUT2D eigenvalue weighted by Crippen LogP contribution is 2.27. The maximum absolute atomic E-state index is 11.6.